The Morgan fingerprint density at radius 3 is 2.80 bits per heavy atom. The number of carbonyl (C=O) groups excluding carboxylic acids is 1. The van der Waals surface area contributed by atoms with Gasteiger partial charge in [-0.15, -0.1) is 0 Å². The summed E-state index contributed by atoms with van der Waals surface area (Å²) >= 11 is 0. The van der Waals surface area contributed by atoms with Gasteiger partial charge in [0.1, 0.15) is 5.58 Å². The van der Waals surface area contributed by atoms with E-state index >= 15 is 0 Å². The monoisotopic (exact) mass is 276 g/mol. The summed E-state index contributed by atoms with van der Waals surface area (Å²) in [6.07, 6.45) is 0. The van der Waals surface area contributed by atoms with Crippen LogP contribution in [0.5, 0.6) is 0 Å². The number of carbonyl (C=O) groups is 1. The molecule has 0 bridgehead atoms. The van der Waals surface area contributed by atoms with Crippen molar-refractivity contribution in [2.75, 3.05) is 33.4 Å². The van der Waals surface area contributed by atoms with Gasteiger partial charge < -0.3 is 19.8 Å². The van der Waals surface area contributed by atoms with E-state index in [4.69, 9.17) is 9.15 Å². The molecule has 0 unspecified atom stereocenters. The zero-order valence-corrected chi connectivity index (χ0v) is 11.9. The number of amides is 1. The number of methoxy groups -OCH3 is 1. The number of ether oxygens (including phenoxy) is 1. The first-order valence-electron chi connectivity index (χ1n) is 6.70. The molecule has 0 spiro atoms. The average molecular weight is 276 g/mol. The number of aryl methyl sites for hydroxylation is 1. The van der Waals surface area contributed by atoms with Gasteiger partial charge in [-0.1, -0.05) is 18.2 Å². The standard InChI is InChI=1S/C15H20N2O3/c1-11-12-5-3-4-6-13(12)20-14(11)15(18)17-8-7-16-9-10-19-2/h3-6,16H,7-10H2,1-2H3,(H,17,18). The van der Waals surface area contributed by atoms with Crippen LogP contribution in [0.4, 0.5) is 0 Å². The predicted molar refractivity (Wildman–Crippen MR) is 78.0 cm³/mol. The van der Waals surface area contributed by atoms with Crippen molar-refractivity contribution in [1.82, 2.24) is 10.6 Å². The Hall–Kier alpha value is -1.85. The molecule has 0 fully saturated rings. The number of nitrogens with one attached hydrogen (secondary N) is 2. The van der Waals surface area contributed by atoms with Gasteiger partial charge in [-0.05, 0) is 13.0 Å². The Morgan fingerprint density at radius 2 is 2.05 bits per heavy atom. The summed E-state index contributed by atoms with van der Waals surface area (Å²) in [4.78, 5) is 12.1. The minimum absolute atomic E-state index is 0.174. The van der Waals surface area contributed by atoms with E-state index in [0.29, 0.717) is 25.5 Å². The van der Waals surface area contributed by atoms with E-state index in [2.05, 4.69) is 10.6 Å². The second kappa shape index (κ2) is 7.07. The van der Waals surface area contributed by atoms with Gasteiger partial charge in [0.15, 0.2) is 5.76 Å². The van der Waals surface area contributed by atoms with Crippen molar-refractivity contribution < 1.29 is 13.9 Å². The molecule has 0 radical (unpaired) electrons. The molecule has 0 saturated carbocycles. The fourth-order valence-corrected chi connectivity index (χ4v) is 2.03. The first-order valence-corrected chi connectivity index (χ1v) is 6.70. The largest absolute Gasteiger partial charge is 0.451 e. The van der Waals surface area contributed by atoms with Crippen LogP contribution < -0.4 is 10.6 Å². The van der Waals surface area contributed by atoms with E-state index in [9.17, 15) is 4.79 Å². The quantitative estimate of drug-likeness (QED) is 0.756. The van der Waals surface area contributed by atoms with Gasteiger partial charge in [0.2, 0.25) is 0 Å². The number of hydrogen-bond donors (Lipinski definition) is 2. The Balaban J connectivity index is 1.89. The highest BCUT2D eigenvalue weighted by Crippen LogP contribution is 2.24. The van der Waals surface area contributed by atoms with Crippen LogP contribution in [0.15, 0.2) is 28.7 Å². The predicted octanol–water partition coefficient (Wildman–Crippen LogP) is 1.71. The van der Waals surface area contributed by atoms with Crippen LogP contribution in [0.3, 0.4) is 0 Å². The van der Waals surface area contributed by atoms with Crippen LogP contribution in [-0.4, -0.2) is 39.3 Å². The summed E-state index contributed by atoms with van der Waals surface area (Å²) in [5, 5.41) is 6.99. The van der Waals surface area contributed by atoms with Crippen LogP contribution in [-0.2, 0) is 4.74 Å². The van der Waals surface area contributed by atoms with Gasteiger partial charge in [0.05, 0.1) is 6.61 Å². The number of para-hydroxylation sites is 1. The van der Waals surface area contributed by atoms with Crippen LogP contribution in [0.25, 0.3) is 11.0 Å². The molecule has 1 amide bonds. The lowest BCUT2D eigenvalue weighted by molar-refractivity contribution is 0.0927. The highest BCUT2D eigenvalue weighted by atomic mass is 16.5. The molecule has 0 saturated heterocycles. The van der Waals surface area contributed by atoms with Gasteiger partial charge in [-0.3, -0.25) is 4.79 Å². The van der Waals surface area contributed by atoms with E-state index in [0.717, 1.165) is 23.1 Å². The maximum atomic E-state index is 12.1. The summed E-state index contributed by atoms with van der Waals surface area (Å²) in [7, 11) is 1.66. The first-order chi connectivity index (χ1) is 9.74. The molecule has 5 heteroatoms. The molecule has 108 valence electrons. The van der Waals surface area contributed by atoms with E-state index in [1.807, 2.05) is 31.2 Å². The fraction of sp³-hybridized carbons (Fsp3) is 0.400. The highest BCUT2D eigenvalue weighted by molar-refractivity contribution is 5.98. The van der Waals surface area contributed by atoms with Gasteiger partial charge >= 0.3 is 0 Å². The molecule has 2 aromatic rings. The molecule has 2 rings (SSSR count). The number of furan rings is 1. The maximum absolute atomic E-state index is 12.1. The van der Waals surface area contributed by atoms with Gasteiger partial charge in [-0.2, -0.15) is 0 Å². The van der Waals surface area contributed by atoms with Crippen molar-refractivity contribution in [2.45, 2.75) is 6.92 Å². The van der Waals surface area contributed by atoms with Crippen LogP contribution in [0.1, 0.15) is 16.1 Å². The maximum Gasteiger partial charge on any atom is 0.287 e. The molecule has 5 nitrogen and oxygen atoms in total. The minimum atomic E-state index is -0.174. The van der Waals surface area contributed by atoms with Crippen molar-refractivity contribution in [2.24, 2.45) is 0 Å². The Morgan fingerprint density at radius 1 is 1.25 bits per heavy atom. The van der Waals surface area contributed by atoms with E-state index in [-0.39, 0.29) is 5.91 Å². The molecule has 20 heavy (non-hydrogen) atoms. The first kappa shape index (κ1) is 14.6. The number of hydrogen-bond acceptors (Lipinski definition) is 4. The van der Waals surface area contributed by atoms with Gasteiger partial charge in [-0.25, -0.2) is 0 Å². The molecule has 0 aliphatic carbocycles. The van der Waals surface area contributed by atoms with E-state index in [1.54, 1.807) is 7.11 Å². The molecule has 0 aliphatic rings. The minimum Gasteiger partial charge on any atom is -0.451 e. The lowest BCUT2D eigenvalue weighted by Crippen LogP contribution is -2.33. The van der Waals surface area contributed by atoms with E-state index in [1.165, 1.54) is 0 Å². The molecule has 1 heterocycles. The second-order valence-corrected chi connectivity index (χ2v) is 4.55. The van der Waals surface area contributed by atoms with Crippen LogP contribution in [0, 0.1) is 6.92 Å². The third kappa shape index (κ3) is 3.37. The van der Waals surface area contributed by atoms with Crippen LogP contribution >= 0.6 is 0 Å². The van der Waals surface area contributed by atoms with Crippen molar-refractivity contribution in [3.8, 4) is 0 Å². The summed E-state index contributed by atoms with van der Waals surface area (Å²) in [5.41, 5.74) is 1.62. The van der Waals surface area contributed by atoms with Crippen molar-refractivity contribution in [3.63, 3.8) is 0 Å². The average Bonchev–Trinajstić information content (AvgIpc) is 2.80. The molecule has 1 aromatic carbocycles. The van der Waals surface area contributed by atoms with Crippen molar-refractivity contribution in [3.05, 3.63) is 35.6 Å². The highest BCUT2D eigenvalue weighted by Gasteiger charge is 2.16. The van der Waals surface area contributed by atoms with Gasteiger partial charge in [0, 0.05) is 37.7 Å². The zero-order valence-electron chi connectivity index (χ0n) is 11.9. The zero-order chi connectivity index (χ0) is 14.4. The molecule has 1 aromatic heterocycles. The number of benzene rings is 1. The fourth-order valence-electron chi connectivity index (χ4n) is 2.03. The normalized spacial score (nSPS) is 10.9. The van der Waals surface area contributed by atoms with Crippen molar-refractivity contribution >= 4 is 16.9 Å². The summed E-state index contributed by atoms with van der Waals surface area (Å²) in [6, 6.07) is 7.65. The Labute approximate surface area is 118 Å². The van der Waals surface area contributed by atoms with E-state index < -0.39 is 0 Å². The summed E-state index contributed by atoms with van der Waals surface area (Å²) in [6.45, 7) is 4.59. The van der Waals surface area contributed by atoms with Crippen molar-refractivity contribution in [1.29, 1.82) is 0 Å². The lowest BCUT2D eigenvalue weighted by atomic mass is 10.1. The molecular formula is C15H20N2O3. The third-order valence-electron chi connectivity index (χ3n) is 3.12. The third-order valence-corrected chi connectivity index (χ3v) is 3.12. The topological polar surface area (TPSA) is 63.5 Å². The summed E-state index contributed by atoms with van der Waals surface area (Å²) < 4.78 is 10.5. The molecule has 0 atom stereocenters. The van der Waals surface area contributed by atoms with Gasteiger partial charge in [0.25, 0.3) is 5.91 Å². The molecular weight excluding hydrogens is 256 g/mol. The number of rotatable bonds is 7. The molecule has 0 aliphatic heterocycles. The lowest BCUT2D eigenvalue weighted by Gasteiger charge is -2.05. The smallest absolute Gasteiger partial charge is 0.287 e. The molecule has 2 N–H and O–H groups in total. The second-order valence-electron chi connectivity index (χ2n) is 4.55. The SMILES string of the molecule is COCCNCCNC(=O)c1oc2ccccc2c1C. The summed E-state index contributed by atoms with van der Waals surface area (Å²) in [5.74, 6) is 0.218. The number of fused-ring (bicyclic) bond motifs is 1. The Kier molecular flexibility index (Phi) is 5.15. The Bertz CT molecular complexity index is 578. The van der Waals surface area contributed by atoms with Crippen LogP contribution in [0.2, 0.25) is 0 Å².